The number of hydrogen-bond donors (Lipinski definition) is 2. The molecule has 2 aromatic rings. The Bertz CT molecular complexity index is 1190. The van der Waals surface area contributed by atoms with E-state index in [0.717, 1.165) is 32.5 Å². The van der Waals surface area contributed by atoms with Gasteiger partial charge in [-0.3, -0.25) is 14.4 Å². The largest absolute Gasteiger partial charge is 0.490 e. The number of nitrogens with zero attached hydrogens (tertiary/aromatic N) is 5. The highest BCUT2D eigenvalue weighted by atomic mass is 19.4. The van der Waals surface area contributed by atoms with Crippen LogP contribution in [0.2, 0.25) is 0 Å². The Labute approximate surface area is 224 Å². The van der Waals surface area contributed by atoms with E-state index in [1.54, 1.807) is 24.3 Å². The van der Waals surface area contributed by atoms with Crippen LogP contribution in [-0.2, 0) is 16.1 Å². The molecule has 2 saturated heterocycles. The molecular formula is C24H25F6N5O5. The molecule has 10 nitrogen and oxygen atoms in total. The fourth-order valence-electron chi connectivity index (χ4n) is 4.49. The van der Waals surface area contributed by atoms with E-state index in [1.165, 1.54) is 0 Å². The normalized spacial score (nSPS) is 20.6. The summed E-state index contributed by atoms with van der Waals surface area (Å²) in [5, 5.41) is 27.6. The number of alkyl halides is 6. The highest BCUT2D eigenvalue weighted by molar-refractivity contribution is 5.94. The Hall–Kier alpha value is -4.13. The van der Waals surface area contributed by atoms with E-state index in [9.17, 15) is 31.1 Å². The molecule has 4 rings (SSSR count). The summed E-state index contributed by atoms with van der Waals surface area (Å²) in [4.78, 5) is 35.1. The van der Waals surface area contributed by atoms with Gasteiger partial charge in [0, 0.05) is 43.1 Å². The lowest BCUT2D eigenvalue weighted by Gasteiger charge is -2.37. The Kier molecular flexibility index (Phi) is 10.7. The zero-order valence-electron chi connectivity index (χ0n) is 20.9. The Morgan fingerprint density at radius 1 is 1.07 bits per heavy atom. The first-order chi connectivity index (χ1) is 18.5. The molecule has 0 aliphatic carbocycles. The van der Waals surface area contributed by atoms with Crippen molar-refractivity contribution < 1.29 is 50.9 Å². The number of carbonyl (C=O) groups is 3. The number of halogens is 6. The number of aromatic nitrogens is 2. The summed E-state index contributed by atoms with van der Waals surface area (Å²) in [7, 11) is 2.20. The van der Waals surface area contributed by atoms with Gasteiger partial charge in [-0.1, -0.05) is 6.07 Å². The molecule has 2 N–H and O–H groups in total. The summed E-state index contributed by atoms with van der Waals surface area (Å²) in [5.41, 5.74) is 1.15. The number of piperidine rings is 1. The summed E-state index contributed by atoms with van der Waals surface area (Å²) in [6.45, 7) is 2.46. The van der Waals surface area contributed by atoms with Crippen molar-refractivity contribution in [2.24, 2.45) is 5.92 Å². The summed E-state index contributed by atoms with van der Waals surface area (Å²) >= 11 is 0. The van der Waals surface area contributed by atoms with Crippen molar-refractivity contribution >= 4 is 17.8 Å². The second-order valence-electron chi connectivity index (χ2n) is 8.95. The smallest absolute Gasteiger partial charge is 0.475 e. The highest BCUT2D eigenvalue weighted by Crippen LogP contribution is 2.35. The molecule has 2 fully saturated rings. The predicted octanol–water partition coefficient (Wildman–Crippen LogP) is 3.26. The molecule has 40 heavy (non-hydrogen) atoms. The molecule has 0 bridgehead atoms. The van der Waals surface area contributed by atoms with E-state index in [0.29, 0.717) is 29.1 Å². The van der Waals surface area contributed by atoms with Gasteiger partial charge in [0.1, 0.15) is 0 Å². The number of hydrogen-bond acceptors (Lipinski definition) is 6. The van der Waals surface area contributed by atoms with E-state index >= 15 is 0 Å². The van der Waals surface area contributed by atoms with E-state index in [4.69, 9.17) is 25.1 Å². The van der Waals surface area contributed by atoms with Crippen LogP contribution in [0.5, 0.6) is 0 Å². The van der Waals surface area contributed by atoms with Gasteiger partial charge in [-0.05, 0) is 50.1 Å². The lowest BCUT2D eigenvalue weighted by Crippen LogP contribution is -2.47. The number of carbonyl (C=O) groups excluding carboxylic acids is 1. The van der Waals surface area contributed by atoms with E-state index in [-0.39, 0.29) is 5.91 Å². The van der Waals surface area contributed by atoms with Crippen molar-refractivity contribution in [3.05, 3.63) is 53.9 Å². The number of amides is 1. The molecule has 1 amide bonds. The second-order valence-corrected chi connectivity index (χ2v) is 8.95. The molecule has 3 heterocycles. The molecule has 0 radical (unpaired) electrons. The van der Waals surface area contributed by atoms with Gasteiger partial charge in [-0.2, -0.15) is 36.7 Å². The van der Waals surface area contributed by atoms with Crippen LogP contribution < -0.4 is 0 Å². The maximum Gasteiger partial charge on any atom is 0.490 e. The number of likely N-dealkylation sites (tertiary alicyclic amines) is 2. The molecule has 3 atom stereocenters. The number of carboxylic acid groups (broad SMARTS) is 2. The number of carboxylic acids is 2. The van der Waals surface area contributed by atoms with Crippen molar-refractivity contribution in [1.29, 1.82) is 5.26 Å². The van der Waals surface area contributed by atoms with Crippen molar-refractivity contribution in [2.45, 2.75) is 43.8 Å². The third-order valence-corrected chi connectivity index (χ3v) is 6.34. The lowest BCUT2D eigenvalue weighted by molar-refractivity contribution is -0.193. The Morgan fingerprint density at radius 2 is 1.68 bits per heavy atom. The van der Waals surface area contributed by atoms with Crippen LogP contribution in [-0.4, -0.2) is 92.2 Å². The molecule has 218 valence electrons. The molecule has 2 aliphatic heterocycles. The van der Waals surface area contributed by atoms with Crippen LogP contribution in [0.4, 0.5) is 26.3 Å². The monoisotopic (exact) mass is 577 g/mol. The first-order valence-corrected chi connectivity index (χ1v) is 11.6. The average Bonchev–Trinajstić information content (AvgIpc) is 3.51. The summed E-state index contributed by atoms with van der Waals surface area (Å²) in [6, 6.07) is 12.1. The second kappa shape index (κ2) is 13.3. The van der Waals surface area contributed by atoms with E-state index < -0.39 is 24.3 Å². The fraction of sp³-hybridized carbons (Fsp3) is 0.458. The van der Waals surface area contributed by atoms with Crippen molar-refractivity contribution in [3.63, 3.8) is 0 Å². The number of rotatable bonds is 3. The van der Waals surface area contributed by atoms with Crippen LogP contribution in [0, 0.1) is 17.2 Å². The number of likely N-dealkylation sites (N-methyl/N-ethyl adjacent to an activating group) is 1. The van der Waals surface area contributed by atoms with Crippen molar-refractivity contribution in [3.8, 4) is 6.07 Å². The van der Waals surface area contributed by atoms with Crippen LogP contribution >= 0.6 is 0 Å². The molecule has 0 spiro atoms. The molecule has 1 unspecified atom stereocenters. The third-order valence-electron chi connectivity index (χ3n) is 6.34. The lowest BCUT2D eigenvalue weighted by atomic mass is 9.91. The quantitative estimate of drug-likeness (QED) is 0.530. The van der Waals surface area contributed by atoms with Crippen LogP contribution in [0.15, 0.2) is 42.7 Å². The zero-order chi connectivity index (χ0) is 30.3. The van der Waals surface area contributed by atoms with Gasteiger partial charge >= 0.3 is 24.3 Å². The molecular weight excluding hydrogens is 552 g/mol. The third kappa shape index (κ3) is 8.97. The Morgan fingerprint density at radius 3 is 2.17 bits per heavy atom. The summed E-state index contributed by atoms with van der Waals surface area (Å²) < 4.78 is 65.5. The average molecular weight is 577 g/mol. The van der Waals surface area contributed by atoms with Gasteiger partial charge in [0.05, 0.1) is 18.2 Å². The SMILES string of the molecule is CN1C(Cn2cccn2)C[C@@H]2CN(C(=O)c3cccc(C#N)c3)CC[C@@H]21.O=C(O)C(F)(F)F.O=C(O)C(F)(F)F. The molecule has 1 aromatic heterocycles. The predicted molar refractivity (Wildman–Crippen MR) is 125 cm³/mol. The van der Waals surface area contributed by atoms with Crippen LogP contribution in [0.25, 0.3) is 0 Å². The van der Waals surface area contributed by atoms with Gasteiger partial charge in [-0.15, -0.1) is 0 Å². The molecule has 1 aromatic carbocycles. The Balaban J connectivity index is 0.000000333. The molecule has 16 heteroatoms. The minimum Gasteiger partial charge on any atom is -0.475 e. The van der Waals surface area contributed by atoms with Gasteiger partial charge < -0.3 is 15.1 Å². The maximum atomic E-state index is 12.9. The highest BCUT2D eigenvalue weighted by Gasteiger charge is 2.43. The standard InChI is InChI=1S/C20H23N5O.2C2HF3O2/c1-23-18(14-25-8-3-7-22-25)11-17-13-24(9-6-19(17)23)20(26)16-5-2-4-15(10-16)12-21;2*3-2(4,5)1(6)7/h2-5,7-8,10,17-19H,6,9,11,13-14H2,1H3;2*(H,6,7)/t17-,18?,19+;;/m1../s1. The first kappa shape index (κ1) is 32.1. The van der Waals surface area contributed by atoms with Crippen LogP contribution in [0.1, 0.15) is 28.8 Å². The van der Waals surface area contributed by atoms with Crippen LogP contribution in [0.3, 0.4) is 0 Å². The maximum absolute atomic E-state index is 12.9. The molecule has 2 aliphatic rings. The van der Waals surface area contributed by atoms with Crippen molar-refractivity contribution in [2.75, 3.05) is 20.1 Å². The van der Waals surface area contributed by atoms with Gasteiger partial charge in [0.15, 0.2) is 0 Å². The zero-order valence-corrected chi connectivity index (χ0v) is 20.9. The topological polar surface area (TPSA) is 140 Å². The number of aliphatic carboxylic acids is 2. The van der Waals surface area contributed by atoms with E-state index in [2.05, 4.69) is 23.1 Å². The van der Waals surface area contributed by atoms with Gasteiger partial charge in [-0.25, -0.2) is 9.59 Å². The minimum absolute atomic E-state index is 0.0405. The van der Waals surface area contributed by atoms with Gasteiger partial charge in [0.25, 0.3) is 5.91 Å². The number of nitriles is 1. The number of benzene rings is 1. The summed E-state index contributed by atoms with van der Waals surface area (Å²) in [6.07, 6.45) is -4.25. The van der Waals surface area contributed by atoms with Crippen molar-refractivity contribution in [1.82, 2.24) is 19.6 Å². The van der Waals surface area contributed by atoms with Gasteiger partial charge in [0.2, 0.25) is 0 Å². The fourth-order valence-corrected chi connectivity index (χ4v) is 4.49. The number of fused-ring (bicyclic) bond motifs is 1. The molecule has 0 saturated carbocycles. The van der Waals surface area contributed by atoms with E-state index in [1.807, 2.05) is 28.0 Å². The summed E-state index contributed by atoms with van der Waals surface area (Å²) in [5.74, 6) is -4.98. The first-order valence-electron chi connectivity index (χ1n) is 11.6. The minimum atomic E-state index is -5.08.